The van der Waals surface area contributed by atoms with Crippen molar-refractivity contribution >= 4 is 5.91 Å². The van der Waals surface area contributed by atoms with E-state index in [4.69, 9.17) is 0 Å². The first-order chi connectivity index (χ1) is 8.08. The van der Waals surface area contributed by atoms with Gasteiger partial charge in [0, 0.05) is 5.57 Å². The fraction of sp³-hybridized carbons (Fsp3) is 0.625. The van der Waals surface area contributed by atoms with Crippen molar-refractivity contribution in [2.24, 2.45) is 5.73 Å². The third-order valence-corrected chi connectivity index (χ3v) is 1.96. The molecule has 0 saturated heterocycles. The molecular formula is C8H6F9NO. The minimum Gasteiger partial charge on any atom is -0.366 e. The summed E-state index contributed by atoms with van der Waals surface area (Å²) in [6, 6.07) is 0. The highest BCUT2D eigenvalue weighted by atomic mass is 19.4. The summed E-state index contributed by atoms with van der Waals surface area (Å²) in [5, 5.41) is 0. The lowest BCUT2D eigenvalue weighted by molar-refractivity contribution is -0.388. The molecule has 0 aromatic rings. The normalized spacial score (nSPS) is 15.6. The quantitative estimate of drug-likeness (QED) is 0.630. The van der Waals surface area contributed by atoms with Gasteiger partial charge in [0.2, 0.25) is 5.91 Å². The topological polar surface area (TPSA) is 43.1 Å². The molecule has 0 fully saturated rings. The van der Waals surface area contributed by atoms with Crippen molar-refractivity contribution in [3.8, 4) is 0 Å². The summed E-state index contributed by atoms with van der Waals surface area (Å²) in [4.78, 5) is 10.3. The number of rotatable bonds is 4. The molecule has 0 saturated carbocycles. The van der Waals surface area contributed by atoms with Gasteiger partial charge in [-0.1, -0.05) is 0 Å². The second-order valence-corrected chi connectivity index (χ2v) is 3.46. The predicted molar refractivity (Wildman–Crippen MR) is 43.8 cm³/mol. The molecule has 11 heteroatoms. The molecule has 0 heterocycles. The summed E-state index contributed by atoms with van der Waals surface area (Å²) in [7, 11) is 0. The molecule has 19 heavy (non-hydrogen) atoms. The molecular weight excluding hydrogens is 297 g/mol. The van der Waals surface area contributed by atoms with Crippen molar-refractivity contribution < 1.29 is 44.3 Å². The van der Waals surface area contributed by atoms with Gasteiger partial charge < -0.3 is 5.73 Å². The summed E-state index contributed by atoms with van der Waals surface area (Å²) in [6.45, 7) is 0.456. The SMILES string of the molecule is CC(=CC(F)(F)C(F)(F)C(F)(F)C(F)(F)F)C(N)=O. The molecule has 0 aromatic carbocycles. The summed E-state index contributed by atoms with van der Waals surface area (Å²) >= 11 is 0. The number of carbonyl (C=O) groups is 1. The van der Waals surface area contributed by atoms with Crippen LogP contribution in [0.25, 0.3) is 0 Å². The van der Waals surface area contributed by atoms with Crippen molar-refractivity contribution in [2.75, 3.05) is 0 Å². The molecule has 0 aliphatic rings. The smallest absolute Gasteiger partial charge is 0.366 e. The largest absolute Gasteiger partial charge is 0.460 e. The Balaban J connectivity index is 5.78. The Hall–Kier alpha value is -1.42. The van der Waals surface area contributed by atoms with E-state index in [1.165, 1.54) is 0 Å². The molecule has 2 nitrogen and oxygen atoms in total. The molecule has 112 valence electrons. The van der Waals surface area contributed by atoms with Crippen molar-refractivity contribution in [2.45, 2.75) is 30.9 Å². The Labute approximate surface area is 99.6 Å². The zero-order valence-corrected chi connectivity index (χ0v) is 8.96. The molecule has 0 bridgehead atoms. The van der Waals surface area contributed by atoms with Gasteiger partial charge in [-0.25, -0.2) is 0 Å². The zero-order valence-electron chi connectivity index (χ0n) is 8.96. The highest BCUT2D eigenvalue weighted by Crippen LogP contribution is 2.53. The Bertz CT molecular complexity index is 396. The van der Waals surface area contributed by atoms with Crippen LogP contribution >= 0.6 is 0 Å². The maximum atomic E-state index is 12.8. The number of alkyl halides is 9. The molecule has 0 unspecified atom stereocenters. The summed E-state index contributed by atoms with van der Waals surface area (Å²) in [6.07, 6.45) is -7.93. The van der Waals surface area contributed by atoms with E-state index in [0.29, 0.717) is 6.92 Å². The van der Waals surface area contributed by atoms with E-state index in [1.807, 2.05) is 0 Å². The number of carbonyl (C=O) groups excluding carboxylic acids is 1. The average Bonchev–Trinajstić information content (AvgIpc) is 2.14. The number of nitrogens with two attached hydrogens (primary N) is 1. The van der Waals surface area contributed by atoms with E-state index in [0.717, 1.165) is 0 Å². The molecule has 0 aliphatic heterocycles. The van der Waals surface area contributed by atoms with Gasteiger partial charge in [-0.15, -0.1) is 0 Å². The van der Waals surface area contributed by atoms with E-state index >= 15 is 0 Å². The second kappa shape index (κ2) is 4.60. The highest BCUT2D eigenvalue weighted by molar-refractivity contribution is 5.91. The first kappa shape index (κ1) is 17.6. The lowest BCUT2D eigenvalue weighted by Gasteiger charge is -2.32. The lowest BCUT2D eigenvalue weighted by Crippen LogP contribution is -2.60. The van der Waals surface area contributed by atoms with Gasteiger partial charge in [0.05, 0.1) is 0 Å². The van der Waals surface area contributed by atoms with Crippen LogP contribution in [0.2, 0.25) is 0 Å². The number of allylic oxidation sites excluding steroid dienone is 1. The highest BCUT2D eigenvalue weighted by Gasteiger charge is 2.81. The lowest BCUT2D eigenvalue weighted by atomic mass is 10.0. The number of primary amides is 1. The van der Waals surface area contributed by atoms with Crippen LogP contribution in [-0.4, -0.2) is 29.9 Å². The summed E-state index contributed by atoms with van der Waals surface area (Å²) < 4.78 is 111. The molecule has 0 aromatic heterocycles. The fourth-order valence-electron chi connectivity index (χ4n) is 0.821. The molecule has 0 atom stereocenters. The monoisotopic (exact) mass is 303 g/mol. The molecule has 0 spiro atoms. The van der Waals surface area contributed by atoms with Crippen LogP contribution < -0.4 is 5.73 Å². The minimum atomic E-state index is -6.99. The van der Waals surface area contributed by atoms with Crippen LogP contribution in [0.15, 0.2) is 11.6 Å². The van der Waals surface area contributed by atoms with Crippen LogP contribution in [0.4, 0.5) is 39.5 Å². The molecule has 0 radical (unpaired) electrons. The Morgan fingerprint density at radius 1 is 0.895 bits per heavy atom. The van der Waals surface area contributed by atoms with Gasteiger partial charge in [0.25, 0.3) is 0 Å². The van der Waals surface area contributed by atoms with Gasteiger partial charge in [-0.05, 0) is 13.0 Å². The van der Waals surface area contributed by atoms with E-state index in [9.17, 15) is 44.3 Å². The fourth-order valence-corrected chi connectivity index (χ4v) is 0.821. The van der Waals surface area contributed by atoms with Crippen molar-refractivity contribution in [3.05, 3.63) is 11.6 Å². The molecule has 2 N–H and O–H groups in total. The van der Waals surface area contributed by atoms with Crippen LogP contribution in [0, 0.1) is 0 Å². The summed E-state index contributed by atoms with van der Waals surface area (Å²) in [5.41, 5.74) is 3.10. The zero-order chi connectivity index (χ0) is 15.9. The molecule has 1 amide bonds. The molecule has 0 rings (SSSR count). The second-order valence-electron chi connectivity index (χ2n) is 3.46. The van der Waals surface area contributed by atoms with E-state index in [2.05, 4.69) is 5.73 Å². The van der Waals surface area contributed by atoms with Gasteiger partial charge >= 0.3 is 23.9 Å². The number of amides is 1. The van der Waals surface area contributed by atoms with Crippen molar-refractivity contribution in [1.29, 1.82) is 0 Å². The minimum absolute atomic E-state index is 0.456. The van der Waals surface area contributed by atoms with Gasteiger partial charge in [0.15, 0.2) is 0 Å². The van der Waals surface area contributed by atoms with E-state index in [-0.39, 0.29) is 0 Å². The van der Waals surface area contributed by atoms with Crippen LogP contribution in [-0.2, 0) is 4.79 Å². The number of hydrogen-bond donors (Lipinski definition) is 1. The number of halogens is 9. The molecule has 0 aliphatic carbocycles. The van der Waals surface area contributed by atoms with Crippen LogP contribution in [0.3, 0.4) is 0 Å². The Kier molecular flexibility index (Phi) is 4.26. The van der Waals surface area contributed by atoms with Gasteiger partial charge in [0.1, 0.15) is 0 Å². The maximum absolute atomic E-state index is 12.8. The maximum Gasteiger partial charge on any atom is 0.460 e. The van der Waals surface area contributed by atoms with Crippen molar-refractivity contribution in [1.82, 2.24) is 0 Å². The third-order valence-electron chi connectivity index (χ3n) is 1.96. The first-order valence-corrected chi connectivity index (χ1v) is 4.27. The van der Waals surface area contributed by atoms with E-state index in [1.54, 1.807) is 0 Å². The number of hydrogen-bond acceptors (Lipinski definition) is 1. The Morgan fingerprint density at radius 3 is 1.53 bits per heavy atom. The standard InChI is InChI=1S/C8H6F9NO/c1-3(4(18)19)2-5(9,10)6(11,12)7(13,14)8(15,16)17/h2H,1H3,(H2,18,19). The van der Waals surface area contributed by atoms with Crippen molar-refractivity contribution in [3.63, 3.8) is 0 Å². The third kappa shape index (κ3) is 2.95. The van der Waals surface area contributed by atoms with Gasteiger partial charge in [-0.3, -0.25) is 4.79 Å². The average molecular weight is 303 g/mol. The summed E-state index contributed by atoms with van der Waals surface area (Å²) in [5.74, 6) is -21.4. The Morgan fingerprint density at radius 2 is 1.26 bits per heavy atom. The van der Waals surface area contributed by atoms with Crippen LogP contribution in [0.5, 0.6) is 0 Å². The first-order valence-electron chi connectivity index (χ1n) is 4.27. The van der Waals surface area contributed by atoms with Gasteiger partial charge in [-0.2, -0.15) is 39.5 Å². The van der Waals surface area contributed by atoms with Crippen LogP contribution in [0.1, 0.15) is 6.92 Å². The van der Waals surface area contributed by atoms with E-state index < -0.39 is 41.5 Å². The predicted octanol–water partition coefficient (Wildman–Crippen LogP) is 2.89.